The summed E-state index contributed by atoms with van der Waals surface area (Å²) < 4.78 is 13.3. The van der Waals surface area contributed by atoms with Gasteiger partial charge in [-0.1, -0.05) is 12.1 Å². The van der Waals surface area contributed by atoms with Crippen molar-refractivity contribution in [1.29, 1.82) is 0 Å². The van der Waals surface area contributed by atoms with Gasteiger partial charge in [-0.3, -0.25) is 0 Å². The van der Waals surface area contributed by atoms with Crippen LogP contribution in [0.25, 0.3) is 0 Å². The zero-order valence-electron chi connectivity index (χ0n) is 7.40. The molecule has 1 aromatic rings. The summed E-state index contributed by atoms with van der Waals surface area (Å²) in [5.41, 5.74) is 5.35. The summed E-state index contributed by atoms with van der Waals surface area (Å²) in [4.78, 5) is 10.7. The SMILES string of the molecule is C=C[C@@H](N)c1c(F)cccc1C(=O)O. The average Bonchev–Trinajstić information content (AvgIpc) is 2.16. The highest BCUT2D eigenvalue weighted by molar-refractivity contribution is 5.89. The van der Waals surface area contributed by atoms with Crippen molar-refractivity contribution < 1.29 is 14.3 Å². The van der Waals surface area contributed by atoms with Gasteiger partial charge in [0.05, 0.1) is 11.6 Å². The molecule has 0 aromatic heterocycles. The molecule has 0 fully saturated rings. The van der Waals surface area contributed by atoms with Crippen molar-refractivity contribution in [1.82, 2.24) is 0 Å². The number of hydrogen-bond donors (Lipinski definition) is 2. The highest BCUT2D eigenvalue weighted by atomic mass is 19.1. The lowest BCUT2D eigenvalue weighted by atomic mass is 10.0. The van der Waals surface area contributed by atoms with Gasteiger partial charge in [-0.05, 0) is 12.1 Å². The first-order valence-electron chi connectivity index (χ1n) is 3.97. The largest absolute Gasteiger partial charge is 0.478 e. The molecule has 0 aliphatic carbocycles. The Hall–Kier alpha value is -1.68. The molecule has 0 aliphatic heterocycles. The smallest absolute Gasteiger partial charge is 0.336 e. The van der Waals surface area contributed by atoms with Gasteiger partial charge in [0.1, 0.15) is 5.82 Å². The number of hydrogen-bond acceptors (Lipinski definition) is 2. The lowest BCUT2D eigenvalue weighted by molar-refractivity contribution is 0.0694. The van der Waals surface area contributed by atoms with E-state index >= 15 is 0 Å². The minimum absolute atomic E-state index is 0.0324. The number of halogens is 1. The quantitative estimate of drug-likeness (QED) is 0.721. The lowest BCUT2D eigenvalue weighted by Crippen LogP contribution is -2.14. The molecule has 1 rings (SSSR count). The summed E-state index contributed by atoms with van der Waals surface area (Å²) >= 11 is 0. The van der Waals surface area contributed by atoms with E-state index in [-0.39, 0.29) is 11.1 Å². The molecule has 4 heteroatoms. The molecule has 0 spiro atoms. The van der Waals surface area contributed by atoms with Gasteiger partial charge in [0.15, 0.2) is 0 Å². The first kappa shape index (κ1) is 10.4. The Balaban J connectivity index is 3.36. The fourth-order valence-corrected chi connectivity index (χ4v) is 1.18. The van der Waals surface area contributed by atoms with E-state index in [4.69, 9.17) is 10.8 Å². The van der Waals surface area contributed by atoms with Crippen LogP contribution in [0.5, 0.6) is 0 Å². The predicted octanol–water partition coefficient (Wildman–Crippen LogP) is 1.71. The summed E-state index contributed by atoms with van der Waals surface area (Å²) in [6.07, 6.45) is 1.30. The van der Waals surface area contributed by atoms with E-state index in [2.05, 4.69) is 6.58 Å². The number of aromatic carboxylic acids is 1. The summed E-state index contributed by atoms with van der Waals surface area (Å²) in [5, 5.41) is 8.78. The van der Waals surface area contributed by atoms with E-state index in [1.54, 1.807) is 0 Å². The van der Waals surface area contributed by atoms with E-state index in [1.165, 1.54) is 24.3 Å². The summed E-state index contributed by atoms with van der Waals surface area (Å²) in [5.74, 6) is -1.82. The van der Waals surface area contributed by atoms with Crippen LogP contribution in [0.3, 0.4) is 0 Å². The van der Waals surface area contributed by atoms with Gasteiger partial charge in [0, 0.05) is 5.56 Å². The first-order chi connectivity index (χ1) is 6.57. The monoisotopic (exact) mass is 195 g/mol. The van der Waals surface area contributed by atoms with Crippen molar-refractivity contribution in [3.8, 4) is 0 Å². The molecule has 0 aliphatic rings. The zero-order chi connectivity index (χ0) is 10.7. The standard InChI is InChI=1S/C10H10FNO2/c1-2-8(12)9-6(10(13)14)4-3-5-7(9)11/h2-5,8H,1,12H2,(H,13,14)/t8-/m1/s1. The maximum Gasteiger partial charge on any atom is 0.336 e. The molecule has 1 atom stereocenters. The molecule has 1 aromatic carbocycles. The maximum absolute atomic E-state index is 13.3. The minimum atomic E-state index is -1.20. The molecular formula is C10H10FNO2. The third-order valence-electron chi connectivity index (χ3n) is 1.87. The second-order valence-corrected chi connectivity index (χ2v) is 2.77. The van der Waals surface area contributed by atoms with Crippen molar-refractivity contribution >= 4 is 5.97 Å². The fraction of sp³-hybridized carbons (Fsp3) is 0.100. The van der Waals surface area contributed by atoms with Crippen LogP contribution in [0.2, 0.25) is 0 Å². The van der Waals surface area contributed by atoms with Crippen molar-refractivity contribution in [2.24, 2.45) is 5.73 Å². The van der Waals surface area contributed by atoms with E-state index in [0.29, 0.717) is 0 Å². The third kappa shape index (κ3) is 1.80. The van der Waals surface area contributed by atoms with Crippen LogP contribution in [-0.4, -0.2) is 11.1 Å². The molecular weight excluding hydrogens is 185 g/mol. The van der Waals surface area contributed by atoms with E-state index < -0.39 is 17.8 Å². The Bertz CT molecular complexity index is 376. The van der Waals surface area contributed by atoms with Crippen LogP contribution in [0.4, 0.5) is 4.39 Å². The number of benzene rings is 1. The molecule has 0 saturated carbocycles. The topological polar surface area (TPSA) is 63.3 Å². The predicted molar refractivity (Wildman–Crippen MR) is 50.5 cm³/mol. The number of carbonyl (C=O) groups is 1. The van der Waals surface area contributed by atoms with Gasteiger partial charge in [-0.15, -0.1) is 6.58 Å². The number of nitrogens with two attached hydrogens (primary N) is 1. The van der Waals surface area contributed by atoms with Gasteiger partial charge in [-0.2, -0.15) is 0 Å². The Labute approximate surface area is 80.7 Å². The average molecular weight is 195 g/mol. The van der Waals surface area contributed by atoms with Gasteiger partial charge >= 0.3 is 5.97 Å². The molecule has 3 nitrogen and oxygen atoms in total. The second-order valence-electron chi connectivity index (χ2n) is 2.77. The van der Waals surface area contributed by atoms with Crippen LogP contribution >= 0.6 is 0 Å². The minimum Gasteiger partial charge on any atom is -0.478 e. The Kier molecular flexibility index (Phi) is 2.99. The Morgan fingerprint density at radius 1 is 1.64 bits per heavy atom. The van der Waals surface area contributed by atoms with Crippen LogP contribution in [0, 0.1) is 5.82 Å². The van der Waals surface area contributed by atoms with Crippen molar-refractivity contribution in [3.05, 3.63) is 47.8 Å². The van der Waals surface area contributed by atoms with Crippen molar-refractivity contribution in [3.63, 3.8) is 0 Å². The normalized spacial score (nSPS) is 12.1. The molecule has 0 amide bonds. The summed E-state index contributed by atoms with van der Waals surface area (Å²) in [7, 11) is 0. The van der Waals surface area contributed by atoms with Crippen LogP contribution < -0.4 is 5.73 Å². The summed E-state index contributed by atoms with van der Waals surface area (Å²) in [6.45, 7) is 3.39. The zero-order valence-corrected chi connectivity index (χ0v) is 7.40. The lowest BCUT2D eigenvalue weighted by Gasteiger charge is -2.10. The third-order valence-corrected chi connectivity index (χ3v) is 1.87. The fourth-order valence-electron chi connectivity index (χ4n) is 1.18. The number of rotatable bonds is 3. The first-order valence-corrected chi connectivity index (χ1v) is 3.97. The van der Waals surface area contributed by atoms with Crippen LogP contribution in [-0.2, 0) is 0 Å². The highest BCUT2D eigenvalue weighted by Crippen LogP contribution is 2.20. The van der Waals surface area contributed by atoms with E-state index in [0.717, 1.165) is 0 Å². The van der Waals surface area contributed by atoms with Gasteiger partial charge in [0.2, 0.25) is 0 Å². The molecule has 0 heterocycles. The van der Waals surface area contributed by atoms with E-state index in [1.807, 2.05) is 0 Å². The molecule has 0 bridgehead atoms. The van der Waals surface area contributed by atoms with Gasteiger partial charge in [-0.25, -0.2) is 9.18 Å². The van der Waals surface area contributed by atoms with Crippen LogP contribution in [0.15, 0.2) is 30.9 Å². The van der Waals surface area contributed by atoms with Crippen LogP contribution in [0.1, 0.15) is 22.0 Å². The maximum atomic E-state index is 13.3. The molecule has 14 heavy (non-hydrogen) atoms. The van der Waals surface area contributed by atoms with Gasteiger partial charge < -0.3 is 10.8 Å². The Morgan fingerprint density at radius 2 is 2.29 bits per heavy atom. The van der Waals surface area contributed by atoms with E-state index in [9.17, 15) is 9.18 Å². The Morgan fingerprint density at radius 3 is 2.79 bits per heavy atom. The number of carboxylic acids is 1. The second kappa shape index (κ2) is 4.02. The molecule has 0 unspecified atom stereocenters. The molecule has 0 radical (unpaired) electrons. The highest BCUT2D eigenvalue weighted by Gasteiger charge is 2.17. The summed E-state index contributed by atoms with van der Waals surface area (Å²) in [6, 6.07) is 3.01. The molecule has 0 saturated heterocycles. The van der Waals surface area contributed by atoms with Crippen molar-refractivity contribution in [2.45, 2.75) is 6.04 Å². The number of carboxylic acid groups (broad SMARTS) is 1. The van der Waals surface area contributed by atoms with Crippen molar-refractivity contribution in [2.75, 3.05) is 0 Å². The molecule has 3 N–H and O–H groups in total. The molecule has 74 valence electrons. The van der Waals surface area contributed by atoms with Gasteiger partial charge in [0.25, 0.3) is 0 Å².